The molecule has 1 rings (SSSR count). The first-order valence-corrected chi connectivity index (χ1v) is 6.93. The van der Waals surface area contributed by atoms with Crippen LogP contribution in [0.5, 0.6) is 0 Å². The van der Waals surface area contributed by atoms with Gasteiger partial charge in [0.1, 0.15) is 0 Å². The minimum atomic E-state index is -0.109. The van der Waals surface area contributed by atoms with Gasteiger partial charge in [-0.3, -0.25) is 9.59 Å². The topological polar surface area (TPSA) is 84.2 Å². The molecule has 0 heterocycles. The van der Waals surface area contributed by atoms with E-state index < -0.39 is 0 Å². The van der Waals surface area contributed by atoms with Crippen molar-refractivity contribution in [1.82, 2.24) is 10.6 Å². The summed E-state index contributed by atoms with van der Waals surface area (Å²) >= 11 is 0. The quantitative estimate of drug-likeness (QED) is 0.617. The summed E-state index contributed by atoms with van der Waals surface area (Å²) < 4.78 is 0. The van der Waals surface area contributed by atoms with Crippen LogP contribution >= 0.6 is 0 Å². The third kappa shape index (κ3) is 6.33. The van der Waals surface area contributed by atoms with E-state index in [1.165, 1.54) is 0 Å². The van der Waals surface area contributed by atoms with Gasteiger partial charge in [-0.15, -0.1) is 0 Å². The largest absolute Gasteiger partial charge is 0.356 e. The van der Waals surface area contributed by atoms with Crippen molar-refractivity contribution in [1.29, 1.82) is 0 Å². The first-order valence-electron chi connectivity index (χ1n) is 6.93. The molecule has 0 bridgehead atoms. The average molecular weight is 277 g/mol. The van der Waals surface area contributed by atoms with E-state index in [2.05, 4.69) is 10.6 Å². The molecule has 20 heavy (non-hydrogen) atoms. The Morgan fingerprint density at radius 1 is 1.20 bits per heavy atom. The maximum atomic E-state index is 11.7. The van der Waals surface area contributed by atoms with Gasteiger partial charge < -0.3 is 16.4 Å². The van der Waals surface area contributed by atoms with Crippen LogP contribution < -0.4 is 16.4 Å². The highest BCUT2D eigenvalue weighted by molar-refractivity contribution is 5.94. The van der Waals surface area contributed by atoms with Crippen LogP contribution in [-0.4, -0.2) is 31.4 Å². The van der Waals surface area contributed by atoms with Crippen LogP contribution in [-0.2, 0) is 4.79 Å². The van der Waals surface area contributed by atoms with Crippen molar-refractivity contribution in [3.8, 4) is 0 Å². The van der Waals surface area contributed by atoms with E-state index in [-0.39, 0.29) is 17.7 Å². The Hall–Kier alpha value is -1.88. The highest BCUT2D eigenvalue weighted by Crippen LogP contribution is 1.98. The number of carbonyl (C=O) groups excluding carboxylic acids is 2. The van der Waals surface area contributed by atoms with E-state index in [0.717, 1.165) is 0 Å². The molecule has 0 spiro atoms. The van der Waals surface area contributed by atoms with Crippen molar-refractivity contribution in [2.45, 2.75) is 19.8 Å². The Balaban J connectivity index is 2.13. The minimum absolute atomic E-state index is 0.000685. The maximum absolute atomic E-state index is 11.7. The van der Waals surface area contributed by atoms with Crippen LogP contribution in [0.4, 0.5) is 0 Å². The summed E-state index contributed by atoms with van der Waals surface area (Å²) in [7, 11) is 0. The predicted molar refractivity (Wildman–Crippen MR) is 79.2 cm³/mol. The van der Waals surface area contributed by atoms with Crippen molar-refractivity contribution >= 4 is 11.8 Å². The highest BCUT2D eigenvalue weighted by atomic mass is 16.2. The number of rotatable bonds is 8. The normalized spacial score (nSPS) is 11.7. The van der Waals surface area contributed by atoms with Gasteiger partial charge in [0.05, 0.1) is 0 Å². The second kappa shape index (κ2) is 9.09. The van der Waals surface area contributed by atoms with E-state index in [9.17, 15) is 9.59 Å². The number of nitrogens with two attached hydrogens (primary N) is 1. The van der Waals surface area contributed by atoms with E-state index in [1.54, 1.807) is 12.1 Å². The Labute approximate surface area is 119 Å². The first-order chi connectivity index (χ1) is 9.63. The smallest absolute Gasteiger partial charge is 0.251 e. The molecular weight excluding hydrogens is 254 g/mol. The first kappa shape index (κ1) is 16.2. The lowest BCUT2D eigenvalue weighted by Crippen LogP contribution is -2.32. The van der Waals surface area contributed by atoms with Crippen LogP contribution in [0.3, 0.4) is 0 Å². The standard InChI is InChI=1S/C15H23N3O2/c1-12(10-16)11-18-14(19)8-5-9-17-15(20)13-6-3-2-4-7-13/h2-4,6-7,12H,5,8-11,16H2,1H3,(H,17,20)(H,18,19). The van der Waals surface area contributed by atoms with E-state index >= 15 is 0 Å². The van der Waals surface area contributed by atoms with Gasteiger partial charge in [-0.2, -0.15) is 0 Å². The Morgan fingerprint density at radius 2 is 1.90 bits per heavy atom. The molecule has 0 aliphatic heterocycles. The van der Waals surface area contributed by atoms with Gasteiger partial charge >= 0.3 is 0 Å². The Bertz CT molecular complexity index is 420. The molecule has 0 aliphatic carbocycles. The molecule has 0 aromatic heterocycles. The Kier molecular flexibility index (Phi) is 7.35. The molecule has 4 N–H and O–H groups in total. The SMILES string of the molecule is CC(CN)CNC(=O)CCCNC(=O)c1ccccc1. The second-order valence-corrected chi connectivity index (χ2v) is 4.87. The molecule has 0 fully saturated rings. The van der Waals surface area contributed by atoms with Crippen LogP contribution in [0.15, 0.2) is 30.3 Å². The molecule has 1 aromatic rings. The zero-order chi connectivity index (χ0) is 14.8. The summed E-state index contributed by atoms with van der Waals surface area (Å²) in [5, 5.41) is 5.61. The van der Waals surface area contributed by atoms with Gasteiger partial charge in [0.2, 0.25) is 5.91 Å². The molecule has 1 atom stereocenters. The number of hydrogen-bond donors (Lipinski definition) is 3. The van der Waals surface area contributed by atoms with Crippen molar-refractivity contribution in [3.63, 3.8) is 0 Å². The lowest BCUT2D eigenvalue weighted by molar-refractivity contribution is -0.121. The lowest BCUT2D eigenvalue weighted by Gasteiger charge is -2.10. The maximum Gasteiger partial charge on any atom is 0.251 e. The molecule has 5 heteroatoms. The van der Waals surface area contributed by atoms with Crippen molar-refractivity contribution in [2.75, 3.05) is 19.6 Å². The number of amides is 2. The number of carbonyl (C=O) groups is 2. The molecule has 5 nitrogen and oxygen atoms in total. The molecule has 2 amide bonds. The van der Waals surface area contributed by atoms with Gasteiger partial charge in [-0.05, 0) is 31.0 Å². The highest BCUT2D eigenvalue weighted by Gasteiger charge is 2.06. The van der Waals surface area contributed by atoms with Gasteiger partial charge in [0, 0.05) is 25.1 Å². The minimum Gasteiger partial charge on any atom is -0.356 e. The third-order valence-electron chi connectivity index (χ3n) is 2.95. The molecule has 0 saturated heterocycles. The van der Waals surface area contributed by atoms with Gasteiger partial charge in [0.25, 0.3) is 5.91 Å². The summed E-state index contributed by atoms with van der Waals surface area (Å²) in [4.78, 5) is 23.2. The molecule has 1 aromatic carbocycles. The number of benzene rings is 1. The average Bonchev–Trinajstić information content (AvgIpc) is 2.49. The third-order valence-corrected chi connectivity index (χ3v) is 2.95. The summed E-state index contributed by atoms with van der Waals surface area (Å²) in [6.07, 6.45) is 1.04. The molecule has 0 radical (unpaired) electrons. The Morgan fingerprint density at radius 3 is 2.55 bits per heavy atom. The molecule has 0 saturated carbocycles. The van der Waals surface area contributed by atoms with E-state index in [0.29, 0.717) is 38.0 Å². The second-order valence-electron chi connectivity index (χ2n) is 4.87. The van der Waals surface area contributed by atoms with Crippen LogP contribution in [0.2, 0.25) is 0 Å². The van der Waals surface area contributed by atoms with Gasteiger partial charge in [-0.1, -0.05) is 25.1 Å². The lowest BCUT2D eigenvalue weighted by atomic mass is 10.2. The van der Waals surface area contributed by atoms with Crippen LogP contribution in [0.1, 0.15) is 30.1 Å². The fourth-order valence-electron chi connectivity index (χ4n) is 1.60. The van der Waals surface area contributed by atoms with E-state index in [1.807, 2.05) is 25.1 Å². The zero-order valence-corrected chi connectivity index (χ0v) is 11.9. The molecule has 1 unspecified atom stereocenters. The predicted octanol–water partition coefficient (Wildman–Crippen LogP) is 0.908. The van der Waals surface area contributed by atoms with Crippen LogP contribution in [0.25, 0.3) is 0 Å². The molecule has 110 valence electrons. The van der Waals surface area contributed by atoms with Crippen molar-refractivity contribution < 1.29 is 9.59 Å². The summed E-state index contributed by atoms with van der Waals surface area (Å²) in [6.45, 7) is 3.65. The summed E-state index contributed by atoms with van der Waals surface area (Å²) in [5.74, 6) is 0.179. The van der Waals surface area contributed by atoms with E-state index in [4.69, 9.17) is 5.73 Å². The summed E-state index contributed by atoms with van der Waals surface area (Å²) in [6, 6.07) is 9.03. The van der Waals surface area contributed by atoms with Crippen LogP contribution in [0, 0.1) is 5.92 Å². The number of hydrogen-bond acceptors (Lipinski definition) is 3. The zero-order valence-electron chi connectivity index (χ0n) is 11.9. The fraction of sp³-hybridized carbons (Fsp3) is 0.467. The monoisotopic (exact) mass is 277 g/mol. The fourth-order valence-corrected chi connectivity index (χ4v) is 1.60. The summed E-state index contributed by atoms with van der Waals surface area (Å²) in [5.41, 5.74) is 6.10. The molecule has 0 aliphatic rings. The van der Waals surface area contributed by atoms with Crippen molar-refractivity contribution in [2.24, 2.45) is 11.7 Å². The number of nitrogens with one attached hydrogen (secondary N) is 2. The molecular formula is C15H23N3O2. The van der Waals surface area contributed by atoms with Gasteiger partial charge in [0.15, 0.2) is 0 Å². The van der Waals surface area contributed by atoms with Crippen molar-refractivity contribution in [3.05, 3.63) is 35.9 Å². The van der Waals surface area contributed by atoms with Gasteiger partial charge in [-0.25, -0.2) is 0 Å².